The highest BCUT2D eigenvalue weighted by Gasteiger charge is 2.05. The fraction of sp³-hybridized carbons (Fsp3) is 0.200. The van der Waals surface area contributed by atoms with E-state index < -0.39 is 0 Å². The molecule has 0 aliphatic carbocycles. The summed E-state index contributed by atoms with van der Waals surface area (Å²) in [5.74, 6) is 0.0414. The molecular formula is C15H15N3O2S. The van der Waals surface area contributed by atoms with Crippen LogP contribution in [0.15, 0.2) is 52.9 Å². The molecule has 0 fully saturated rings. The van der Waals surface area contributed by atoms with Gasteiger partial charge in [-0.2, -0.15) is 5.10 Å². The molecule has 3 aromatic heterocycles. The Hall–Kier alpha value is -2.34. The Bertz CT molecular complexity index is 686. The van der Waals surface area contributed by atoms with Gasteiger partial charge in [-0.3, -0.25) is 9.48 Å². The lowest BCUT2D eigenvalue weighted by Crippen LogP contribution is -2.28. The fourth-order valence-corrected chi connectivity index (χ4v) is 2.71. The van der Waals surface area contributed by atoms with Gasteiger partial charge in [-0.25, -0.2) is 0 Å². The summed E-state index contributed by atoms with van der Waals surface area (Å²) in [6.45, 7) is 1.21. The predicted molar refractivity (Wildman–Crippen MR) is 81.0 cm³/mol. The first-order chi connectivity index (χ1) is 10.3. The van der Waals surface area contributed by atoms with E-state index >= 15 is 0 Å². The zero-order chi connectivity index (χ0) is 14.5. The van der Waals surface area contributed by atoms with Crippen molar-refractivity contribution in [2.24, 2.45) is 0 Å². The monoisotopic (exact) mass is 301 g/mol. The van der Waals surface area contributed by atoms with Crippen molar-refractivity contribution < 1.29 is 9.21 Å². The van der Waals surface area contributed by atoms with Crippen LogP contribution in [0.2, 0.25) is 0 Å². The summed E-state index contributed by atoms with van der Waals surface area (Å²) in [6.07, 6.45) is 7.49. The highest BCUT2D eigenvalue weighted by Crippen LogP contribution is 2.18. The largest absolute Gasteiger partial charge is 0.472 e. The molecule has 0 saturated carbocycles. The van der Waals surface area contributed by atoms with Gasteiger partial charge in [-0.05, 0) is 17.5 Å². The van der Waals surface area contributed by atoms with Gasteiger partial charge in [-0.15, -0.1) is 11.3 Å². The fourth-order valence-electron chi connectivity index (χ4n) is 2.01. The molecule has 3 heterocycles. The zero-order valence-corrected chi connectivity index (χ0v) is 12.2. The number of nitrogens with one attached hydrogen (secondary N) is 1. The molecule has 1 amide bonds. The molecule has 1 N–H and O–H groups in total. The number of nitrogens with zero attached hydrogens (tertiary/aromatic N) is 2. The number of aromatic nitrogens is 2. The van der Waals surface area contributed by atoms with Crippen molar-refractivity contribution in [1.82, 2.24) is 15.1 Å². The van der Waals surface area contributed by atoms with Gasteiger partial charge in [0.2, 0.25) is 5.91 Å². The Labute approximate surface area is 126 Å². The highest BCUT2D eigenvalue weighted by atomic mass is 32.1. The number of rotatable bonds is 6. The number of carbonyl (C=O) groups excluding carboxylic acids is 1. The number of thiophene rings is 1. The summed E-state index contributed by atoms with van der Waals surface area (Å²) < 4.78 is 6.86. The number of hydrogen-bond acceptors (Lipinski definition) is 4. The van der Waals surface area contributed by atoms with Gasteiger partial charge < -0.3 is 9.73 Å². The third-order valence-corrected chi connectivity index (χ3v) is 3.94. The summed E-state index contributed by atoms with van der Waals surface area (Å²) in [5.41, 5.74) is 2.01. The van der Waals surface area contributed by atoms with Gasteiger partial charge in [0.05, 0.1) is 31.7 Å². The molecule has 0 aliphatic rings. The molecule has 0 unspecified atom stereocenters. The molecule has 0 saturated heterocycles. The highest BCUT2D eigenvalue weighted by molar-refractivity contribution is 7.10. The van der Waals surface area contributed by atoms with E-state index in [9.17, 15) is 4.79 Å². The molecular weight excluding hydrogens is 286 g/mol. The van der Waals surface area contributed by atoms with Gasteiger partial charge in [0.1, 0.15) is 0 Å². The number of hydrogen-bond donors (Lipinski definition) is 1. The second-order valence-corrected chi connectivity index (χ2v) is 5.64. The van der Waals surface area contributed by atoms with E-state index in [1.165, 1.54) is 0 Å². The van der Waals surface area contributed by atoms with Crippen molar-refractivity contribution in [1.29, 1.82) is 0 Å². The number of amides is 1. The summed E-state index contributed by atoms with van der Waals surface area (Å²) >= 11 is 1.60. The Balaban J connectivity index is 1.46. The first-order valence-corrected chi connectivity index (χ1v) is 7.53. The van der Waals surface area contributed by atoms with E-state index in [1.54, 1.807) is 30.1 Å². The van der Waals surface area contributed by atoms with Crippen LogP contribution in [0.25, 0.3) is 11.1 Å². The van der Waals surface area contributed by atoms with Crippen LogP contribution in [0.4, 0.5) is 0 Å². The van der Waals surface area contributed by atoms with Crippen LogP contribution < -0.4 is 5.32 Å². The zero-order valence-electron chi connectivity index (χ0n) is 11.4. The van der Waals surface area contributed by atoms with Crippen LogP contribution in [-0.4, -0.2) is 22.2 Å². The Morgan fingerprint density at radius 2 is 2.33 bits per heavy atom. The van der Waals surface area contributed by atoms with E-state index in [2.05, 4.69) is 10.4 Å². The molecule has 0 bridgehead atoms. The number of furan rings is 1. The number of carbonyl (C=O) groups is 1. The first kappa shape index (κ1) is 13.6. The van der Waals surface area contributed by atoms with Gasteiger partial charge >= 0.3 is 0 Å². The lowest BCUT2D eigenvalue weighted by molar-refractivity contribution is -0.120. The smallest absolute Gasteiger partial charge is 0.225 e. The third kappa shape index (κ3) is 3.61. The van der Waals surface area contributed by atoms with Crippen LogP contribution in [0.3, 0.4) is 0 Å². The second kappa shape index (κ2) is 6.41. The van der Waals surface area contributed by atoms with Gasteiger partial charge in [0.25, 0.3) is 0 Å². The van der Waals surface area contributed by atoms with E-state index in [1.807, 2.05) is 34.5 Å². The molecule has 0 atom stereocenters. The summed E-state index contributed by atoms with van der Waals surface area (Å²) in [7, 11) is 0. The van der Waals surface area contributed by atoms with Gasteiger partial charge in [0.15, 0.2) is 0 Å². The van der Waals surface area contributed by atoms with Crippen molar-refractivity contribution in [3.8, 4) is 11.1 Å². The lowest BCUT2D eigenvalue weighted by atomic mass is 10.2. The average Bonchev–Trinajstić information content (AvgIpc) is 3.21. The SMILES string of the molecule is O=C(Cc1cccs1)NCCn1cc(-c2ccoc2)cn1. The molecule has 0 radical (unpaired) electrons. The molecule has 3 aromatic rings. The predicted octanol–water partition coefficient (Wildman–Crippen LogP) is 2.56. The summed E-state index contributed by atoms with van der Waals surface area (Å²) in [4.78, 5) is 12.8. The molecule has 21 heavy (non-hydrogen) atoms. The second-order valence-electron chi connectivity index (χ2n) is 4.61. The van der Waals surface area contributed by atoms with E-state index in [-0.39, 0.29) is 5.91 Å². The first-order valence-electron chi connectivity index (χ1n) is 6.65. The van der Waals surface area contributed by atoms with Crippen LogP contribution in [0, 0.1) is 0 Å². The minimum Gasteiger partial charge on any atom is -0.472 e. The van der Waals surface area contributed by atoms with Crippen molar-refractivity contribution in [2.45, 2.75) is 13.0 Å². The summed E-state index contributed by atoms with van der Waals surface area (Å²) in [5, 5.41) is 9.15. The molecule has 108 valence electrons. The van der Waals surface area contributed by atoms with E-state index in [4.69, 9.17) is 4.42 Å². The Morgan fingerprint density at radius 3 is 3.10 bits per heavy atom. The lowest BCUT2D eigenvalue weighted by Gasteiger charge is -2.04. The molecule has 3 rings (SSSR count). The van der Waals surface area contributed by atoms with Crippen molar-refractivity contribution in [3.05, 3.63) is 53.4 Å². The standard InChI is InChI=1S/C15H15N3O2S/c19-15(8-14-2-1-7-21-14)16-4-5-18-10-13(9-17-18)12-3-6-20-11-12/h1-3,6-7,9-11H,4-5,8H2,(H,16,19). The normalized spacial score (nSPS) is 10.7. The van der Waals surface area contributed by atoms with Gasteiger partial charge in [-0.1, -0.05) is 6.07 Å². The maximum absolute atomic E-state index is 11.7. The summed E-state index contributed by atoms with van der Waals surface area (Å²) in [6, 6.07) is 5.81. The van der Waals surface area contributed by atoms with E-state index in [0.717, 1.165) is 16.0 Å². The topological polar surface area (TPSA) is 60.1 Å². The molecule has 0 aromatic carbocycles. The Kier molecular flexibility index (Phi) is 4.16. The maximum atomic E-state index is 11.7. The van der Waals surface area contributed by atoms with Crippen molar-refractivity contribution in [2.75, 3.05) is 6.54 Å². The van der Waals surface area contributed by atoms with Crippen LogP contribution in [-0.2, 0) is 17.8 Å². The quantitative estimate of drug-likeness (QED) is 0.761. The van der Waals surface area contributed by atoms with Crippen molar-refractivity contribution >= 4 is 17.2 Å². The van der Waals surface area contributed by atoms with Crippen LogP contribution in [0.1, 0.15) is 4.88 Å². The molecule has 6 heteroatoms. The third-order valence-electron chi connectivity index (χ3n) is 3.07. The molecule has 0 spiro atoms. The van der Waals surface area contributed by atoms with Gasteiger partial charge in [0, 0.05) is 28.7 Å². The molecule has 5 nitrogen and oxygen atoms in total. The van der Waals surface area contributed by atoms with Crippen LogP contribution in [0.5, 0.6) is 0 Å². The van der Waals surface area contributed by atoms with Crippen LogP contribution >= 0.6 is 11.3 Å². The van der Waals surface area contributed by atoms with E-state index in [0.29, 0.717) is 19.5 Å². The average molecular weight is 301 g/mol. The van der Waals surface area contributed by atoms with Crippen molar-refractivity contribution in [3.63, 3.8) is 0 Å². The minimum absolute atomic E-state index is 0.0414. The Morgan fingerprint density at radius 1 is 1.38 bits per heavy atom. The minimum atomic E-state index is 0.0414. The maximum Gasteiger partial charge on any atom is 0.225 e. The molecule has 0 aliphatic heterocycles.